The highest BCUT2D eigenvalue weighted by atomic mass is 127. The van der Waals surface area contributed by atoms with E-state index in [9.17, 15) is 0 Å². The van der Waals surface area contributed by atoms with Gasteiger partial charge in [0.25, 0.3) is 0 Å². The smallest absolute Gasteiger partial charge is 0.179 e. The molecule has 0 aliphatic carbocycles. The maximum Gasteiger partial charge on any atom is 0.179 e. The van der Waals surface area contributed by atoms with Gasteiger partial charge in [-0.15, -0.1) is 0 Å². The van der Waals surface area contributed by atoms with Crippen molar-refractivity contribution in [1.29, 1.82) is 0 Å². The first-order valence-corrected chi connectivity index (χ1v) is 6.29. The minimum atomic E-state index is 0. The van der Waals surface area contributed by atoms with Gasteiger partial charge in [0.1, 0.15) is 12.4 Å². The average molecular weight is 386 g/mol. The summed E-state index contributed by atoms with van der Waals surface area (Å²) in [5, 5.41) is 0.717. The molecular weight excluding hydrogens is 373 g/mol. The normalized spacial score (nSPS) is 10.4. The fourth-order valence-corrected chi connectivity index (χ4v) is 2.15. The molecule has 0 bridgehead atoms. The van der Waals surface area contributed by atoms with Crippen LogP contribution in [0.15, 0.2) is 42.7 Å². The number of aromatic nitrogens is 3. The summed E-state index contributed by atoms with van der Waals surface area (Å²) >= 11 is 5.97. The molecule has 0 fully saturated rings. The molecule has 1 aromatic carbocycles. The van der Waals surface area contributed by atoms with Crippen LogP contribution < -0.4 is 28.5 Å². The molecule has 0 aliphatic heterocycles. The first-order chi connectivity index (χ1) is 8.76. The van der Waals surface area contributed by atoms with Crippen LogP contribution in [0.3, 0.4) is 0 Å². The van der Waals surface area contributed by atoms with Crippen molar-refractivity contribution in [2.75, 3.05) is 0 Å². The van der Waals surface area contributed by atoms with E-state index in [4.69, 9.17) is 11.6 Å². The maximum atomic E-state index is 5.97. The Morgan fingerprint density at radius 2 is 2.16 bits per heavy atom. The fraction of sp³-hybridized carbons (Fsp3) is 0.143. The number of rotatable bonds is 2. The third-order valence-electron chi connectivity index (χ3n) is 2.94. The number of fused-ring (bicyclic) bond motifs is 1. The van der Waals surface area contributed by atoms with Gasteiger partial charge in [-0.25, -0.2) is 9.55 Å². The van der Waals surface area contributed by atoms with Crippen LogP contribution in [0.2, 0.25) is 5.02 Å². The summed E-state index contributed by atoms with van der Waals surface area (Å²) in [6.07, 6.45) is 4.13. The first kappa shape index (κ1) is 14.3. The molecule has 98 valence electrons. The van der Waals surface area contributed by atoms with E-state index >= 15 is 0 Å². The van der Waals surface area contributed by atoms with Crippen molar-refractivity contribution in [3.05, 3.63) is 47.7 Å². The van der Waals surface area contributed by atoms with E-state index in [1.54, 1.807) is 0 Å². The average Bonchev–Trinajstić information content (AvgIpc) is 2.81. The van der Waals surface area contributed by atoms with E-state index in [0.29, 0.717) is 0 Å². The van der Waals surface area contributed by atoms with E-state index < -0.39 is 0 Å². The van der Waals surface area contributed by atoms with E-state index in [0.717, 1.165) is 34.0 Å². The maximum absolute atomic E-state index is 5.97. The molecule has 1 N–H and O–H groups in total. The Hall–Kier alpha value is -1.14. The number of nitrogens with zero attached hydrogens (tertiary/aromatic N) is 2. The fourth-order valence-electron chi connectivity index (χ4n) is 1.98. The van der Waals surface area contributed by atoms with Crippen LogP contribution in [0, 0.1) is 0 Å². The highest BCUT2D eigenvalue weighted by molar-refractivity contribution is 6.31. The van der Waals surface area contributed by atoms with Crippen molar-refractivity contribution in [2.45, 2.75) is 13.5 Å². The third-order valence-corrected chi connectivity index (χ3v) is 3.18. The Morgan fingerprint density at radius 3 is 2.95 bits per heavy atom. The number of hydrogen-bond acceptors (Lipinski definition) is 1. The second-order valence-electron chi connectivity index (χ2n) is 4.17. The van der Waals surface area contributed by atoms with Crippen LogP contribution in [-0.4, -0.2) is 9.97 Å². The molecule has 3 nitrogen and oxygen atoms in total. The molecule has 0 radical (unpaired) electrons. The molecule has 0 aliphatic rings. The third kappa shape index (κ3) is 2.90. The van der Waals surface area contributed by atoms with E-state index in [-0.39, 0.29) is 24.0 Å². The van der Waals surface area contributed by atoms with Crippen LogP contribution in [0.5, 0.6) is 0 Å². The molecule has 0 unspecified atom stereocenters. The Bertz CT molecular complexity index is 709. The molecule has 0 spiro atoms. The molecular formula is C14H13ClIN3. The number of hydrogen-bond donors (Lipinski definition) is 1. The molecule has 0 amide bonds. The standard InChI is InChI=1S/C14H13ClN3.HI/c1-2-18-7-3-4-10(9-18)14-16-12-6-5-11(15)8-13(12)17-14;/h3-9H,2H2,1H3,(H,16,17);1H/q+1;/p-1. The Labute approximate surface area is 133 Å². The van der Waals surface area contributed by atoms with Gasteiger partial charge < -0.3 is 29.0 Å². The van der Waals surface area contributed by atoms with Crippen molar-refractivity contribution in [3.8, 4) is 11.4 Å². The summed E-state index contributed by atoms with van der Waals surface area (Å²) in [5.74, 6) is 0.870. The van der Waals surface area contributed by atoms with Crippen LogP contribution in [-0.2, 0) is 6.54 Å². The van der Waals surface area contributed by atoms with Gasteiger partial charge in [-0.1, -0.05) is 11.6 Å². The van der Waals surface area contributed by atoms with E-state index in [2.05, 4.69) is 27.7 Å². The number of benzene rings is 1. The summed E-state index contributed by atoms with van der Waals surface area (Å²) in [5.41, 5.74) is 2.97. The van der Waals surface area contributed by atoms with Crippen molar-refractivity contribution in [1.82, 2.24) is 9.97 Å². The van der Waals surface area contributed by atoms with Gasteiger partial charge in [0, 0.05) is 11.1 Å². The molecule has 5 heteroatoms. The molecule has 2 aromatic heterocycles. The van der Waals surface area contributed by atoms with Crippen molar-refractivity contribution in [2.24, 2.45) is 0 Å². The molecule has 19 heavy (non-hydrogen) atoms. The summed E-state index contributed by atoms with van der Waals surface area (Å²) in [6.45, 7) is 3.06. The molecule has 0 saturated carbocycles. The van der Waals surface area contributed by atoms with Crippen LogP contribution >= 0.6 is 11.6 Å². The summed E-state index contributed by atoms with van der Waals surface area (Å²) in [6, 6.07) is 9.74. The second kappa shape index (κ2) is 5.88. The minimum absolute atomic E-state index is 0. The van der Waals surface area contributed by atoms with Gasteiger partial charge in [0.2, 0.25) is 0 Å². The monoisotopic (exact) mass is 385 g/mol. The Balaban J connectivity index is 0.00000133. The lowest BCUT2D eigenvalue weighted by molar-refractivity contribution is -0.693. The predicted octanol–water partition coefficient (Wildman–Crippen LogP) is 0.195. The molecule has 3 rings (SSSR count). The number of aryl methyl sites for hydroxylation is 1. The van der Waals surface area contributed by atoms with E-state index in [1.807, 2.05) is 36.5 Å². The van der Waals surface area contributed by atoms with Gasteiger partial charge >= 0.3 is 0 Å². The zero-order chi connectivity index (χ0) is 12.5. The number of H-pyrrole nitrogens is 1. The number of aromatic amines is 1. The zero-order valence-electron chi connectivity index (χ0n) is 10.4. The SMILES string of the molecule is CC[n+]1cccc(-c2nc3ccc(Cl)cc3[nH]2)c1.[I-]. The Morgan fingerprint density at radius 1 is 1.32 bits per heavy atom. The minimum Gasteiger partial charge on any atom is -1.00 e. The Kier molecular flexibility index (Phi) is 4.42. The highest BCUT2D eigenvalue weighted by Crippen LogP contribution is 2.21. The van der Waals surface area contributed by atoms with Crippen LogP contribution in [0.4, 0.5) is 0 Å². The molecule has 2 heterocycles. The zero-order valence-corrected chi connectivity index (χ0v) is 13.3. The van der Waals surface area contributed by atoms with E-state index in [1.165, 1.54) is 0 Å². The van der Waals surface area contributed by atoms with Crippen molar-refractivity contribution >= 4 is 22.6 Å². The van der Waals surface area contributed by atoms with Crippen LogP contribution in [0.1, 0.15) is 6.92 Å². The van der Waals surface area contributed by atoms with Gasteiger partial charge in [0.05, 0.1) is 16.6 Å². The van der Waals surface area contributed by atoms with Crippen LogP contribution in [0.25, 0.3) is 22.4 Å². The summed E-state index contributed by atoms with van der Waals surface area (Å²) in [7, 11) is 0. The predicted molar refractivity (Wildman–Crippen MR) is 72.4 cm³/mol. The summed E-state index contributed by atoms with van der Waals surface area (Å²) < 4.78 is 2.12. The number of nitrogens with one attached hydrogen (secondary N) is 1. The second-order valence-corrected chi connectivity index (χ2v) is 4.61. The summed E-state index contributed by atoms with van der Waals surface area (Å²) in [4.78, 5) is 7.87. The van der Waals surface area contributed by atoms with Gasteiger partial charge in [0.15, 0.2) is 12.4 Å². The van der Waals surface area contributed by atoms with Gasteiger partial charge in [-0.05, 0) is 31.2 Å². The number of imidazole rings is 1. The van der Waals surface area contributed by atoms with Gasteiger partial charge in [-0.3, -0.25) is 0 Å². The molecule has 3 aromatic rings. The topological polar surface area (TPSA) is 32.6 Å². The lowest BCUT2D eigenvalue weighted by atomic mass is 10.3. The largest absolute Gasteiger partial charge is 1.00 e. The number of pyridine rings is 1. The lowest BCUT2D eigenvalue weighted by Crippen LogP contribution is -3.00. The quantitative estimate of drug-likeness (QED) is 0.496. The highest BCUT2D eigenvalue weighted by Gasteiger charge is 2.08. The van der Waals surface area contributed by atoms with Gasteiger partial charge in [-0.2, -0.15) is 0 Å². The molecule has 0 atom stereocenters. The molecule has 0 saturated heterocycles. The van der Waals surface area contributed by atoms with Crippen molar-refractivity contribution < 1.29 is 28.5 Å². The first-order valence-electron chi connectivity index (χ1n) is 5.91. The number of halogens is 2. The lowest BCUT2D eigenvalue weighted by Gasteiger charge is -1.95. The van der Waals surface area contributed by atoms with Crippen molar-refractivity contribution in [3.63, 3.8) is 0 Å².